The third-order valence-electron chi connectivity index (χ3n) is 4.98. The third kappa shape index (κ3) is 2.14. The summed E-state index contributed by atoms with van der Waals surface area (Å²) in [5, 5.41) is 3.74. The summed E-state index contributed by atoms with van der Waals surface area (Å²) >= 11 is 0. The molecule has 2 aliphatic rings. The van der Waals surface area contributed by atoms with Crippen molar-refractivity contribution >= 4 is 5.69 Å². The molecule has 2 saturated heterocycles. The fourth-order valence-electron chi connectivity index (χ4n) is 3.60. The molecule has 0 saturated carbocycles. The van der Waals surface area contributed by atoms with Crippen molar-refractivity contribution in [3.05, 3.63) is 29.3 Å². The maximum absolute atomic E-state index is 3.74. The molecule has 2 bridgehead atoms. The van der Waals surface area contributed by atoms with Gasteiger partial charge in [-0.3, -0.25) is 0 Å². The smallest absolute Gasteiger partial charge is 0.0345 e. The first-order valence-corrected chi connectivity index (χ1v) is 7.19. The summed E-state index contributed by atoms with van der Waals surface area (Å²) in [6.45, 7) is 4.37. The lowest BCUT2D eigenvalue weighted by Crippen LogP contribution is -2.44. The molecule has 2 fully saturated rings. The molecule has 1 N–H and O–H groups in total. The second-order valence-corrected chi connectivity index (χ2v) is 6.16. The minimum atomic E-state index is 0.667. The maximum Gasteiger partial charge on any atom is 0.0345 e. The zero-order valence-electron chi connectivity index (χ0n) is 11.7. The molecule has 0 radical (unpaired) electrons. The van der Waals surface area contributed by atoms with Gasteiger partial charge in [0, 0.05) is 23.8 Å². The van der Waals surface area contributed by atoms with Crippen molar-refractivity contribution in [3.63, 3.8) is 0 Å². The molecule has 0 amide bonds. The van der Waals surface area contributed by atoms with Crippen LogP contribution in [-0.4, -0.2) is 30.1 Å². The Balaban J connectivity index is 1.68. The number of nitrogens with zero attached hydrogens (tertiary/aromatic N) is 1. The average molecular weight is 244 g/mol. The quantitative estimate of drug-likeness (QED) is 0.858. The van der Waals surface area contributed by atoms with Crippen molar-refractivity contribution in [1.29, 1.82) is 0 Å². The number of benzene rings is 1. The highest BCUT2D eigenvalue weighted by molar-refractivity contribution is 5.49. The highest BCUT2D eigenvalue weighted by Gasteiger charge is 2.38. The van der Waals surface area contributed by atoms with Crippen molar-refractivity contribution in [3.8, 4) is 0 Å². The minimum absolute atomic E-state index is 0.667. The minimum Gasteiger partial charge on any atom is -0.382 e. The van der Waals surface area contributed by atoms with Gasteiger partial charge in [-0.25, -0.2) is 0 Å². The van der Waals surface area contributed by atoms with Gasteiger partial charge in [0.25, 0.3) is 0 Å². The predicted octanol–water partition coefficient (Wildman–Crippen LogP) is 3.34. The zero-order chi connectivity index (χ0) is 12.7. The van der Waals surface area contributed by atoms with Crippen LogP contribution in [0.25, 0.3) is 0 Å². The number of hydrogen-bond donors (Lipinski definition) is 1. The normalized spacial score (nSPS) is 31.6. The molecular weight excluding hydrogens is 220 g/mol. The van der Waals surface area contributed by atoms with Crippen LogP contribution in [0, 0.1) is 13.8 Å². The lowest BCUT2D eigenvalue weighted by Gasteiger charge is -2.37. The Hall–Kier alpha value is -1.02. The first-order valence-electron chi connectivity index (χ1n) is 7.19. The number of anilines is 1. The predicted molar refractivity (Wildman–Crippen MR) is 77.1 cm³/mol. The summed E-state index contributed by atoms with van der Waals surface area (Å²) in [6.07, 6.45) is 5.40. The third-order valence-corrected chi connectivity index (χ3v) is 4.98. The summed E-state index contributed by atoms with van der Waals surface area (Å²) in [4.78, 5) is 2.60. The number of piperidine rings is 1. The fraction of sp³-hybridized carbons (Fsp3) is 0.625. The number of aryl methyl sites for hydroxylation is 2. The summed E-state index contributed by atoms with van der Waals surface area (Å²) in [7, 11) is 2.30. The highest BCUT2D eigenvalue weighted by Crippen LogP contribution is 2.35. The molecule has 18 heavy (non-hydrogen) atoms. The SMILES string of the molecule is Cc1ccc(NC2CC3CCC(C2)N3C)cc1C. The van der Waals surface area contributed by atoms with E-state index in [0.29, 0.717) is 6.04 Å². The van der Waals surface area contributed by atoms with Gasteiger partial charge in [0.2, 0.25) is 0 Å². The second-order valence-electron chi connectivity index (χ2n) is 6.16. The molecule has 2 unspecified atom stereocenters. The van der Waals surface area contributed by atoms with E-state index in [1.807, 2.05) is 0 Å². The Morgan fingerprint density at radius 1 is 1.06 bits per heavy atom. The van der Waals surface area contributed by atoms with Gasteiger partial charge in [-0.15, -0.1) is 0 Å². The van der Waals surface area contributed by atoms with Crippen LogP contribution in [-0.2, 0) is 0 Å². The zero-order valence-corrected chi connectivity index (χ0v) is 11.7. The van der Waals surface area contributed by atoms with Gasteiger partial charge in [0.15, 0.2) is 0 Å². The summed E-state index contributed by atoms with van der Waals surface area (Å²) < 4.78 is 0. The average Bonchev–Trinajstić information content (AvgIpc) is 2.58. The van der Waals surface area contributed by atoms with Crippen LogP contribution in [0.3, 0.4) is 0 Å². The molecule has 2 aliphatic heterocycles. The molecule has 98 valence electrons. The van der Waals surface area contributed by atoms with Crippen molar-refractivity contribution in [2.24, 2.45) is 0 Å². The molecule has 0 aliphatic carbocycles. The Morgan fingerprint density at radius 2 is 1.72 bits per heavy atom. The van der Waals surface area contributed by atoms with Crippen LogP contribution in [0.2, 0.25) is 0 Å². The van der Waals surface area contributed by atoms with Gasteiger partial charge >= 0.3 is 0 Å². The first kappa shape index (κ1) is 12.0. The van der Waals surface area contributed by atoms with E-state index in [1.54, 1.807) is 0 Å². The summed E-state index contributed by atoms with van der Waals surface area (Å²) in [6, 6.07) is 9.03. The Labute approximate surface area is 110 Å². The molecule has 2 atom stereocenters. The van der Waals surface area contributed by atoms with Crippen LogP contribution >= 0.6 is 0 Å². The lowest BCUT2D eigenvalue weighted by atomic mass is 9.97. The number of nitrogens with one attached hydrogen (secondary N) is 1. The van der Waals surface area contributed by atoms with Gasteiger partial charge in [-0.1, -0.05) is 6.07 Å². The monoisotopic (exact) mass is 244 g/mol. The van der Waals surface area contributed by atoms with E-state index < -0.39 is 0 Å². The molecule has 1 aromatic carbocycles. The van der Waals surface area contributed by atoms with Gasteiger partial charge in [0.1, 0.15) is 0 Å². The summed E-state index contributed by atoms with van der Waals surface area (Å²) in [5.74, 6) is 0. The molecule has 2 nitrogen and oxygen atoms in total. The van der Waals surface area contributed by atoms with Gasteiger partial charge in [-0.05, 0) is 69.8 Å². The number of rotatable bonds is 2. The Bertz CT molecular complexity index is 427. The van der Waals surface area contributed by atoms with Crippen molar-refractivity contribution in [1.82, 2.24) is 4.90 Å². The molecule has 2 heterocycles. The molecule has 1 aromatic rings. The molecule has 2 heteroatoms. The van der Waals surface area contributed by atoms with Crippen LogP contribution in [0.4, 0.5) is 5.69 Å². The van der Waals surface area contributed by atoms with Crippen molar-refractivity contribution < 1.29 is 0 Å². The number of fused-ring (bicyclic) bond motifs is 2. The van der Waals surface area contributed by atoms with Gasteiger partial charge < -0.3 is 10.2 Å². The van der Waals surface area contributed by atoms with E-state index in [-0.39, 0.29) is 0 Å². The highest BCUT2D eigenvalue weighted by atomic mass is 15.2. The second kappa shape index (κ2) is 4.58. The van der Waals surface area contributed by atoms with Crippen LogP contribution in [0.5, 0.6) is 0 Å². The number of hydrogen-bond acceptors (Lipinski definition) is 2. The molecule has 3 rings (SSSR count). The van der Waals surface area contributed by atoms with E-state index in [1.165, 1.54) is 42.5 Å². The van der Waals surface area contributed by atoms with E-state index in [4.69, 9.17) is 0 Å². The fourth-order valence-corrected chi connectivity index (χ4v) is 3.60. The molecular formula is C16H24N2. The first-order chi connectivity index (χ1) is 8.63. The van der Waals surface area contributed by atoms with E-state index >= 15 is 0 Å². The Kier molecular flexibility index (Phi) is 3.06. The van der Waals surface area contributed by atoms with Crippen LogP contribution in [0.1, 0.15) is 36.8 Å². The van der Waals surface area contributed by atoms with Crippen molar-refractivity contribution in [2.45, 2.75) is 57.7 Å². The van der Waals surface area contributed by atoms with Crippen LogP contribution < -0.4 is 5.32 Å². The molecule has 0 spiro atoms. The molecule has 0 aromatic heterocycles. The lowest BCUT2D eigenvalue weighted by molar-refractivity contribution is 0.169. The van der Waals surface area contributed by atoms with Crippen molar-refractivity contribution in [2.75, 3.05) is 12.4 Å². The largest absolute Gasteiger partial charge is 0.382 e. The standard InChI is InChI=1S/C16H24N2/c1-11-4-5-13(8-12(11)2)17-14-9-15-6-7-16(10-14)18(15)3/h4-5,8,14-17H,6-7,9-10H2,1-3H3. The van der Waals surface area contributed by atoms with Gasteiger partial charge in [0.05, 0.1) is 0 Å². The van der Waals surface area contributed by atoms with Gasteiger partial charge in [-0.2, -0.15) is 0 Å². The summed E-state index contributed by atoms with van der Waals surface area (Å²) in [5.41, 5.74) is 4.06. The van der Waals surface area contributed by atoms with E-state index in [9.17, 15) is 0 Å². The topological polar surface area (TPSA) is 15.3 Å². The maximum atomic E-state index is 3.74. The van der Waals surface area contributed by atoms with E-state index in [0.717, 1.165) is 12.1 Å². The Morgan fingerprint density at radius 3 is 2.33 bits per heavy atom. The van der Waals surface area contributed by atoms with E-state index in [2.05, 4.69) is 49.3 Å². The van der Waals surface area contributed by atoms with Crippen LogP contribution in [0.15, 0.2) is 18.2 Å².